The molecule has 0 bridgehead atoms. The minimum atomic E-state index is -3.67. The zero-order valence-electron chi connectivity index (χ0n) is 16.5. The molecule has 0 aliphatic heterocycles. The van der Waals surface area contributed by atoms with Crippen molar-refractivity contribution in [2.75, 3.05) is 51.8 Å². The van der Waals surface area contributed by atoms with Crippen molar-refractivity contribution in [3.63, 3.8) is 0 Å². The topological polar surface area (TPSA) is 115 Å². The summed E-state index contributed by atoms with van der Waals surface area (Å²) in [5, 5.41) is 0. The van der Waals surface area contributed by atoms with Gasteiger partial charge in [0.2, 0.25) is 0 Å². The number of rotatable bonds is 6. The monoisotopic (exact) mass is 394 g/mol. The van der Waals surface area contributed by atoms with Gasteiger partial charge in [-0.1, -0.05) is 41.5 Å². The van der Waals surface area contributed by atoms with E-state index < -0.39 is 20.2 Å². The van der Waals surface area contributed by atoms with Crippen LogP contribution in [0.4, 0.5) is 0 Å². The van der Waals surface area contributed by atoms with E-state index in [1.807, 2.05) is 0 Å². The first-order valence-electron chi connectivity index (χ1n) is 7.99. The third-order valence-electron chi connectivity index (χ3n) is 2.68. The summed E-state index contributed by atoms with van der Waals surface area (Å²) in [6.45, 7) is 20.2. The Morgan fingerprint density at radius 1 is 0.542 bits per heavy atom. The van der Waals surface area contributed by atoms with Crippen LogP contribution in [0.3, 0.4) is 0 Å². The second-order valence-corrected chi connectivity index (χ2v) is 7.64. The summed E-state index contributed by atoms with van der Waals surface area (Å²) in [5.74, 6) is 0. The molecule has 10 heteroatoms. The first kappa shape index (κ1) is 31.5. The van der Waals surface area contributed by atoms with Gasteiger partial charge in [-0.15, -0.1) is 0 Å². The number of hydrogen-bond acceptors (Lipinski definition) is 6. The summed E-state index contributed by atoms with van der Waals surface area (Å²) in [4.78, 5) is 4.75. The number of hydrogen-bond donors (Lipinski definition) is 2. The van der Waals surface area contributed by atoms with E-state index in [9.17, 15) is 16.8 Å². The van der Waals surface area contributed by atoms with Crippen LogP contribution in [0.5, 0.6) is 0 Å². The molecule has 0 aromatic heterocycles. The Balaban J connectivity index is -0.000000113. The van der Waals surface area contributed by atoms with Crippen molar-refractivity contribution in [2.24, 2.45) is 0 Å². The van der Waals surface area contributed by atoms with E-state index in [0.717, 1.165) is 0 Å². The normalized spacial score (nSPS) is 10.8. The Hall–Kier alpha value is -0.260. The fourth-order valence-corrected chi connectivity index (χ4v) is 1.34. The Labute approximate surface area is 149 Å². The smallest absolute Gasteiger partial charge is 0.261 e. The van der Waals surface area contributed by atoms with Gasteiger partial charge in [-0.3, -0.25) is 9.11 Å². The SMILES string of the molecule is CCN(CC)CC.CCN(CC)CC.CS(=O)(=O)O.CS(=O)(=O)O. The van der Waals surface area contributed by atoms with E-state index in [2.05, 4.69) is 51.3 Å². The third-order valence-corrected chi connectivity index (χ3v) is 2.68. The second-order valence-electron chi connectivity index (χ2n) is 4.71. The lowest BCUT2D eigenvalue weighted by Crippen LogP contribution is -2.21. The quantitative estimate of drug-likeness (QED) is 0.654. The van der Waals surface area contributed by atoms with Crippen LogP contribution in [0.1, 0.15) is 41.5 Å². The molecular weight excluding hydrogens is 356 g/mol. The fraction of sp³-hybridized carbons (Fsp3) is 1.00. The first-order valence-corrected chi connectivity index (χ1v) is 11.7. The van der Waals surface area contributed by atoms with Gasteiger partial charge in [0.05, 0.1) is 12.5 Å². The summed E-state index contributed by atoms with van der Waals surface area (Å²) in [7, 11) is -7.33. The van der Waals surface area contributed by atoms with E-state index in [-0.39, 0.29) is 0 Å². The maximum Gasteiger partial charge on any atom is 0.261 e. The Morgan fingerprint density at radius 3 is 0.625 bits per heavy atom. The highest BCUT2D eigenvalue weighted by atomic mass is 32.2. The van der Waals surface area contributed by atoms with Gasteiger partial charge in [0, 0.05) is 0 Å². The number of nitrogens with zero attached hydrogens (tertiary/aromatic N) is 2. The highest BCUT2D eigenvalue weighted by Crippen LogP contribution is 1.82. The molecule has 0 aliphatic rings. The molecule has 24 heavy (non-hydrogen) atoms. The van der Waals surface area contributed by atoms with E-state index in [1.54, 1.807) is 0 Å². The molecular formula is C14H38N2O6S2. The van der Waals surface area contributed by atoms with Crippen molar-refractivity contribution in [1.82, 2.24) is 9.80 Å². The highest BCUT2D eigenvalue weighted by molar-refractivity contribution is 7.85. The van der Waals surface area contributed by atoms with Gasteiger partial charge in [-0.25, -0.2) is 0 Å². The van der Waals surface area contributed by atoms with Crippen molar-refractivity contribution >= 4 is 20.2 Å². The molecule has 0 radical (unpaired) electrons. The zero-order chi connectivity index (χ0) is 20.4. The van der Waals surface area contributed by atoms with Crippen LogP contribution in [0.2, 0.25) is 0 Å². The van der Waals surface area contributed by atoms with Crippen molar-refractivity contribution in [3.05, 3.63) is 0 Å². The molecule has 2 N–H and O–H groups in total. The van der Waals surface area contributed by atoms with E-state index in [0.29, 0.717) is 12.5 Å². The lowest BCUT2D eigenvalue weighted by Gasteiger charge is -2.13. The molecule has 0 spiro atoms. The summed E-state index contributed by atoms with van der Waals surface area (Å²) < 4.78 is 51.7. The van der Waals surface area contributed by atoms with E-state index in [1.165, 1.54) is 39.3 Å². The average Bonchev–Trinajstić information content (AvgIpc) is 2.40. The zero-order valence-corrected chi connectivity index (χ0v) is 18.1. The third kappa shape index (κ3) is 67.8. The molecule has 0 saturated carbocycles. The summed E-state index contributed by atoms with van der Waals surface area (Å²) in [5.41, 5.74) is 0. The van der Waals surface area contributed by atoms with E-state index in [4.69, 9.17) is 9.11 Å². The maximum atomic E-state index is 9.19. The molecule has 0 aromatic rings. The van der Waals surface area contributed by atoms with Gasteiger partial charge in [0.15, 0.2) is 0 Å². The summed E-state index contributed by atoms with van der Waals surface area (Å²) >= 11 is 0. The summed E-state index contributed by atoms with van der Waals surface area (Å²) in [6.07, 6.45) is 1.43. The fourth-order valence-electron chi connectivity index (χ4n) is 1.34. The minimum Gasteiger partial charge on any atom is -0.304 e. The van der Waals surface area contributed by atoms with Crippen LogP contribution in [0.15, 0.2) is 0 Å². The maximum absolute atomic E-state index is 9.19. The van der Waals surface area contributed by atoms with Gasteiger partial charge in [-0.2, -0.15) is 16.8 Å². The van der Waals surface area contributed by atoms with Crippen molar-refractivity contribution < 1.29 is 25.9 Å². The van der Waals surface area contributed by atoms with Gasteiger partial charge in [-0.05, 0) is 39.3 Å². The van der Waals surface area contributed by atoms with Crippen LogP contribution < -0.4 is 0 Å². The van der Waals surface area contributed by atoms with Gasteiger partial charge < -0.3 is 9.80 Å². The predicted molar refractivity (Wildman–Crippen MR) is 102 cm³/mol. The van der Waals surface area contributed by atoms with Crippen LogP contribution in [0.25, 0.3) is 0 Å². The van der Waals surface area contributed by atoms with Gasteiger partial charge in [0.1, 0.15) is 0 Å². The van der Waals surface area contributed by atoms with Crippen LogP contribution in [-0.4, -0.2) is 87.5 Å². The molecule has 8 nitrogen and oxygen atoms in total. The standard InChI is InChI=1S/2C6H15N.2CH4O3S/c2*1-4-7(5-2)6-3;2*1-5(2,3)4/h2*4-6H2,1-3H3;2*1H3,(H,2,3,4). The molecule has 152 valence electrons. The predicted octanol–water partition coefficient (Wildman–Crippen LogP) is 1.70. The summed E-state index contributed by atoms with van der Waals surface area (Å²) in [6, 6.07) is 0. The lowest BCUT2D eigenvalue weighted by molar-refractivity contribution is 0.321. The van der Waals surface area contributed by atoms with Gasteiger partial charge >= 0.3 is 0 Å². The van der Waals surface area contributed by atoms with Crippen LogP contribution in [0, 0.1) is 0 Å². The Bertz CT molecular complexity index is 361. The Morgan fingerprint density at radius 2 is 0.625 bits per heavy atom. The average molecular weight is 395 g/mol. The largest absolute Gasteiger partial charge is 0.304 e. The van der Waals surface area contributed by atoms with Crippen LogP contribution in [-0.2, 0) is 20.2 Å². The van der Waals surface area contributed by atoms with Crippen LogP contribution >= 0.6 is 0 Å². The van der Waals surface area contributed by atoms with Crippen molar-refractivity contribution in [3.8, 4) is 0 Å². The molecule has 0 aliphatic carbocycles. The molecule has 0 atom stereocenters. The molecule has 0 saturated heterocycles. The molecule has 0 fully saturated rings. The molecule has 0 heterocycles. The molecule has 0 amide bonds. The van der Waals surface area contributed by atoms with Crippen molar-refractivity contribution in [1.29, 1.82) is 0 Å². The van der Waals surface area contributed by atoms with E-state index >= 15 is 0 Å². The Kier molecular flexibility index (Phi) is 25.0. The molecule has 0 aromatic carbocycles. The first-order chi connectivity index (χ1) is 10.7. The highest BCUT2D eigenvalue weighted by Gasteiger charge is 1.89. The molecule has 0 rings (SSSR count). The second kappa shape index (κ2) is 19.1. The molecule has 0 unspecified atom stereocenters. The minimum absolute atomic E-state index is 0.715. The van der Waals surface area contributed by atoms with Gasteiger partial charge in [0.25, 0.3) is 20.2 Å². The lowest BCUT2D eigenvalue weighted by atomic mass is 10.5. The van der Waals surface area contributed by atoms with Crippen molar-refractivity contribution in [2.45, 2.75) is 41.5 Å².